The summed E-state index contributed by atoms with van der Waals surface area (Å²) < 4.78 is 1.97. The average Bonchev–Trinajstić information content (AvgIpc) is 2.99. The minimum absolute atomic E-state index is 0.199. The molecule has 2 N–H and O–H groups in total. The van der Waals surface area contributed by atoms with Crippen molar-refractivity contribution in [3.63, 3.8) is 0 Å². The lowest BCUT2D eigenvalue weighted by Crippen LogP contribution is -2.36. The Morgan fingerprint density at radius 3 is 2.37 bits per heavy atom. The first-order chi connectivity index (χ1) is 14.4. The molecule has 0 aliphatic rings. The van der Waals surface area contributed by atoms with E-state index in [1.807, 2.05) is 74.8 Å². The Labute approximate surface area is 178 Å². The Morgan fingerprint density at radius 1 is 1.03 bits per heavy atom. The molecule has 0 saturated carbocycles. The van der Waals surface area contributed by atoms with Crippen LogP contribution in [0.2, 0.25) is 0 Å². The number of rotatable bonds is 5. The second kappa shape index (κ2) is 9.39. The van der Waals surface area contributed by atoms with E-state index in [4.69, 9.17) is 4.99 Å². The van der Waals surface area contributed by atoms with Crippen LogP contribution in [0.1, 0.15) is 45.4 Å². The molecule has 2 aromatic carbocycles. The third-order valence-corrected chi connectivity index (χ3v) is 5.02. The van der Waals surface area contributed by atoms with Crippen LogP contribution in [0.5, 0.6) is 0 Å². The lowest BCUT2D eigenvalue weighted by molar-refractivity contribution is 0.0977. The van der Waals surface area contributed by atoms with Crippen molar-refractivity contribution in [1.29, 1.82) is 0 Å². The van der Waals surface area contributed by atoms with Gasteiger partial charge in [0.2, 0.25) is 5.96 Å². The number of aryl methyl sites for hydroxylation is 4. The lowest BCUT2D eigenvalue weighted by Gasteiger charge is -2.13. The number of hydrogen-bond acceptors (Lipinski definition) is 3. The largest absolute Gasteiger partial charge is 0.326 e. The third-order valence-electron chi connectivity index (χ3n) is 5.02. The summed E-state index contributed by atoms with van der Waals surface area (Å²) in [7, 11) is 0. The fraction of sp³-hybridized carbons (Fsp3) is 0.292. The van der Waals surface area contributed by atoms with E-state index in [1.54, 1.807) is 6.07 Å². The number of carbonyl (C=O) groups excluding carboxylic acids is 1. The molecule has 156 valence electrons. The molecular formula is C24H29N5O. The number of aliphatic imine (C=N–C) groups is 1. The molecule has 6 heteroatoms. The summed E-state index contributed by atoms with van der Waals surface area (Å²) >= 11 is 0. The quantitative estimate of drug-likeness (QED) is 0.485. The second-order valence-corrected chi connectivity index (χ2v) is 7.45. The topological polar surface area (TPSA) is 71.3 Å². The summed E-state index contributed by atoms with van der Waals surface area (Å²) in [6.07, 6.45) is 0. The highest BCUT2D eigenvalue weighted by atomic mass is 16.1. The Balaban J connectivity index is 1.87. The van der Waals surface area contributed by atoms with Crippen molar-refractivity contribution in [3.05, 3.63) is 82.2 Å². The maximum atomic E-state index is 12.8. The van der Waals surface area contributed by atoms with Gasteiger partial charge in [0.15, 0.2) is 0 Å². The van der Waals surface area contributed by atoms with Crippen LogP contribution in [0.4, 0.5) is 5.69 Å². The number of aromatic nitrogens is 2. The first kappa shape index (κ1) is 21.3. The van der Waals surface area contributed by atoms with Gasteiger partial charge in [-0.2, -0.15) is 5.10 Å². The van der Waals surface area contributed by atoms with Crippen LogP contribution in [-0.2, 0) is 13.1 Å². The van der Waals surface area contributed by atoms with Crippen molar-refractivity contribution >= 4 is 17.6 Å². The van der Waals surface area contributed by atoms with Gasteiger partial charge in [-0.05, 0) is 64.4 Å². The van der Waals surface area contributed by atoms with E-state index in [1.165, 1.54) is 0 Å². The zero-order chi connectivity index (χ0) is 21.7. The minimum Gasteiger partial charge on any atom is -0.326 e. The Bertz CT molecular complexity index is 1080. The van der Waals surface area contributed by atoms with E-state index in [0.29, 0.717) is 18.1 Å². The van der Waals surface area contributed by atoms with Crippen molar-refractivity contribution in [3.8, 4) is 0 Å². The van der Waals surface area contributed by atoms with Gasteiger partial charge >= 0.3 is 0 Å². The van der Waals surface area contributed by atoms with E-state index >= 15 is 0 Å². The fourth-order valence-electron chi connectivity index (χ4n) is 3.36. The molecule has 0 aliphatic heterocycles. The third kappa shape index (κ3) is 5.14. The molecule has 0 atom stereocenters. The number of anilines is 1. The molecule has 3 aromatic rings. The van der Waals surface area contributed by atoms with Gasteiger partial charge in [0, 0.05) is 29.1 Å². The number of nitrogens with one attached hydrogen (secondary N) is 2. The Kier molecular flexibility index (Phi) is 6.67. The summed E-state index contributed by atoms with van der Waals surface area (Å²) in [6, 6.07) is 15.5. The van der Waals surface area contributed by atoms with E-state index in [0.717, 1.165) is 40.3 Å². The summed E-state index contributed by atoms with van der Waals surface area (Å²) in [5, 5.41) is 10.7. The highest BCUT2D eigenvalue weighted by molar-refractivity contribution is 6.10. The summed E-state index contributed by atoms with van der Waals surface area (Å²) in [4.78, 5) is 17.5. The highest BCUT2D eigenvalue weighted by Gasteiger charge is 2.13. The molecule has 3 rings (SSSR count). The van der Waals surface area contributed by atoms with Crippen LogP contribution in [0, 0.1) is 27.7 Å². The number of benzene rings is 2. The average molecular weight is 404 g/mol. The predicted molar refractivity (Wildman–Crippen MR) is 122 cm³/mol. The Morgan fingerprint density at radius 2 is 1.73 bits per heavy atom. The van der Waals surface area contributed by atoms with Gasteiger partial charge in [-0.1, -0.05) is 29.8 Å². The first-order valence-electron chi connectivity index (χ1n) is 10.2. The SMILES string of the molecule is CCn1nc(C)c(CN=C(NC(=O)c2cccc(C)c2)Nc2cccc(C)c2)c1C. The minimum atomic E-state index is -0.199. The van der Waals surface area contributed by atoms with Gasteiger partial charge in [0.25, 0.3) is 5.91 Å². The number of guanidine groups is 1. The van der Waals surface area contributed by atoms with Crippen molar-refractivity contribution in [1.82, 2.24) is 15.1 Å². The molecule has 0 bridgehead atoms. The van der Waals surface area contributed by atoms with E-state index in [9.17, 15) is 4.79 Å². The molecule has 0 saturated heterocycles. The Hall–Kier alpha value is -3.41. The smallest absolute Gasteiger partial charge is 0.257 e. The first-order valence-corrected chi connectivity index (χ1v) is 10.2. The van der Waals surface area contributed by atoms with Crippen LogP contribution in [0.25, 0.3) is 0 Å². The monoisotopic (exact) mass is 403 g/mol. The molecule has 0 spiro atoms. The van der Waals surface area contributed by atoms with E-state index in [2.05, 4.69) is 22.7 Å². The van der Waals surface area contributed by atoms with Gasteiger partial charge in [-0.3, -0.25) is 14.8 Å². The number of amides is 1. The second-order valence-electron chi connectivity index (χ2n) is 7.45. The number of hydrogen-bond donors (Lipinski definition) is 2. The van der Waals surface area contributed by atoms with Crippen LogP contribution < -0.4 is 10.6 Å². The zero-order valence-electron chi connectivity index (χ0n) is 18.3. The van der Waals surface area contributed by atoms with Crippen molar-refractivity contribution in [2.75, 3.05) is 5.32 Å². The zero-order valence-corrected chi connectivity index (χ0v) is 18.3. The van der Waals surface area contributed by atoms with Crippen LogP contribution >= 0.6 is 0 Å². The molecule has 0 aliphatic carbocycles. The fourth-order valence-corrected chi connectivity index (χ4v) is 3.36. The number of carbonyl (C=O) groups is 1. The summed E-state index contributed by atoms with van der Waals surface area (Å²) in [6.45, 7) is 11.3. The molecule has 6 nitrogen and oxygen atoms in total. The molecular weight excluding hydrogens is 374 g/mol. The van der Waals surface area contributed by atoms with E-state index in [-0.39, 0.29) is 5.91 Å². The predicted octanol–water partition coefficient (Wildman–Crippen LogP) is 4.53. The molecule has 1 aromatic heterocycles. The van der Waals surface area contributed by atoms with Crippen LogP contribution in [0.3, 0.4) is 0 Å². The summed E-state index contributed by atoms with van der Waals surface area (Å²) in [5.41, 5.74) is 6.75. The molecule has 0 fully saturated rings. The molecule has 30 heavy (non-hydrogen) atoms. The van der Waals surface area contributed by atoms with Crippen LogP contribution in [0.15, 0.2) is 53.5 Å². The maximum Gasteiger partial charge on any atom is 0.257 e. The van der Waals surface area contributed by atoms with Gasteiger partial charge in [-0.15, -0.1) is 0 Å². The molecule has 1 heterocycles. The highest BCUT2D eigenvalue weighted by Crippen LogP contribution is 2.15. The lowest BCUT2D eigenvalue weighted by atomic mass is 10.1. The van der Waals surface area contributed by atoms with Crippen LogP contribution in [-0.4, -0.2) is 21.6 Å². The standard InChI is InChI=1S/C24H29N5O/c1-6-29-19(5)22(18(4)28-29)15-25-24(26-21-12-8-10-17(3)14-21)27-23(30)20-11-7-9-16(2)13-20/h7-14H,6,15H2,1-5H3,(H2,25,26,27,30). The van der Waals surface area contributed by atoms with Crippen molar-refractivity contribution in [2.24, 2.45) is 4.99 Å². The van der Waals surface area contributed by atoms with Crippen molar-refractivity contribution < 1.29 is 4.79 Å². The van der Waals surface area contributed by atoms with Gasteiger partial charge in [0.1, 0.15) is 0 Å². The number of nitrogens with zero attached hydrogens (tertiary/aromatic N) is 3. The maximum absolute atomic E-state index is 12.8. The van der Waals surface area contributed by atoms with Gasteiger partial charge < -0.3 is 5.32 Å². The molecule has 1 amide bonds. The van der Waals surface area contributed by atoms with E-state index < -0.39 is 0 Å². The molecule has 0 unspecified atom stereocenters. The van der Waals surface area contributed by atoms with Gasteiger partial charge in [-0.25, -0.2) is 4.99 Å². The normalized spacial score (nSPS) is 11.4. The molecule has 0 radical (unpaired) electrons. The summed E-state index contributed by atoms with van der Waals surface area (Å²) in [5.74, 6) is 0.213. The van der Waals surface area contributed by atoms with Crippen molar-refractivity contribution in [2.45, 2.75) is 47.7 Å². The van der Waals surface area contributed by atoms with Gasteiger partial charge in [0.05, 0.1) is 12.2 Å².